The molecule has 0 aliphatic heterocycles. The SMILES string of the molecule is COc1c(C)nc(C)[nH]c1=O. The molecule has 0 amide bonds. The van der Waals surface area contributed by atoms with E-state index in [0.717, 1.165) is 0 Å². The van der Waals surface area contributed by atoms with E-state index in [1.165, 1.54) is 7.11 Å². The number of aromatic amines is 1. The largest absolute Gasteiger partial charge is 0.490 e. The van der Waals surface area contributed by atoms with E-state index in [1.807, 2.05) is 0 Å². The number of hydrogen-bond donors (Lipinski definition) is 1. The van der Waals surface area contributed by atoms with Crippen molar-refractivity contribution in [3.63, 3.8) is 0 Å². The molecule has 1 aromatic rings. The Morgan fingerprint density at radius 2 is 2.09 bits per heavy atom. The van der Waals surface area contributed by atoms with E-state index in [1.54, 1.807) is 13.8 Å². The van der Waals surface area contributed by atoms with Crippen LogP contribution < -0.4 is 10.3 Å². The molecule has 0 unspecified atom stereocenters. The van der Waals surface area contributed by atoms with Gasteiger partial charge in [-0.05, 0) is 13.8 Å². The summed E-state index contributed by atoms with van der Waals surface area (Å²) < 4.78 is 4.82. The number of methoxy groups -OCH3 is 1. The lowest BCUT2D eigenvalue weighted by molar-refractivity contribution is 0.401. The first-order valence-corrected chi connectivity index (χ1v) is 3.26. The summed E-state index contributed by atoms with van der Waals surface area (Å²) in [5.74, 6) is 0.893. The fraction of sp³-hybridized carbons (Fsp3) is 0.429. The van der Waals surface area contributed by atoms with Crippen molar-refractivity contribution in [3.05, 3.63) is 21.9 Å². The maximum atomic E-state index is 11.1. The number of nitrogens with one attached hydrogen (secondary N) is 1. The molecular formula is C7H10N2O2. The second kappa shape index (κ2) is 2.74. The maximum Gasteiger partial charge on any atom is 0.293 e. The van der Waals surface area contributed by atoms with Crippen LogP contribution in [0.3, 0.4) is 0 Å². The zero-order chi connectivity index (χ0) is 8.43. The van der Waals surface area contributed by atoms with Gasteiger partial charge in [-0.2, -0.15) is 0 Å². The quantitative estimate of drug-likeness (QED) is 0.636. The molecule has 0 spiro atoms. The van der Waals surface area contributed by atoms with Crippen LogP contribution in [0.4, 0.5) is 0 Å². The number of aromatic nitrogens is 2. The molecule has 1 rings (SSSR count). The van der Waals surface area contributed by atoms with Crippen molar-refractivity contribution in [2.45, 2.75) is 13.8 Å². The van der Waals surface area contributed by atoms with Gasteiger partial charge in [-0.15, -0.1) is 0 Å². The van der Waals surface area contributed by atoms with Gasteiger partial charge in [-0.25, -0.2) is 4.98 Å². The van der Waals surface area contributed by atoms with Crippen LogP contribution in [-0.4, -0.2) is 17.1 Å². The summed E-state index contributed by atoms with van der Waals surface area (Å²) in [4.78, 5) is 17.6. The lowest BCUT2D eigenvalue weighted by Gasteiger charge is -2.01. The van der Waals surface area contributed by atoms with Gasteiger partial charge < -0.3 is 9.72 Å². The Labute approximate surface area is 64.2 Å². The Morgan fingerprint density at radius 1 is 1.45 bits per heavy atom. The molecule has 0 aliphatic carbocycles. The predicted octanol–water partition coefficient (Wildman–Crippen LogP) is 0.395. The summed E-state index contributed by atoms with van der Waals surface area (Å²) in [6.45, 7) is 3.47. The third-order valence-electron chi connectivity index (χ3n) is 1.37. The maximum absolute atomic E-state index is 11.1. The minimum atomic E-state index is -0.225. The first kappa shape index (κ1) is 7.78. The highest BCUT2D eigenvalue weighted by Crippen LogP contribution is 2.05. The van der Waals surface area contributed by atoms with Gasteiger partial charge in [0.15, 0.2) is 0 Å². The van der Waals surface area contributed by atoms with E-state index in [9.17, 15) is 4.79 Å². The van der Waals surface area contributed by atoms with Gasteiger partial charge in [0.2, 0.25) is 5.75 Å². The highest BCUT2D eigenvalue weighted by atomic mass is 16.5. The van der Waals surface area contributed by atoms with Gasteiger partial charge in [-0.3, -0.25) is 4.79 Å². The Kier molecular flexibility index (Phi) is 1.94. The molecular weight excluding hydrogens is 144 g/mol. The number of nitrogens with zero attached hydrogens (tertiary/aromatic N) is 1. The van der Waals surface area contributed by atoms with E-state index in [-0.39, 0.29) is 11.3 Å². The highest BCUT2D eigenvalue weighted by molar-refractivity contribution is 5.22. The van der Waals surface area contributed by atoms with Crippen LogP contribution in [0.1, 0.15) is 11.5 Å². The fourth-order valence-corrected chi connectivity index (χ4v) is 0.956. The molecule has 0 fully saturated rings. The van der Waals surface area contributed by atoms with Crippen LogP contribution in [0.25, 0.3) is 0 Å². The standard InChI is InChI=1S/C7H10N2O2/c1-4-6(11-3)7(10)9-5(2)8-4/h1-3H3,(H,8,9,10). The molecule has 0 radical (unpaired) electrons. The topological polar surface area (TPSA) is 55.0 Å². The Hall–Kier alpha value is -1.32. The van der Waals surface area contributed by atoms with Crippen LogP contribution in [0.15, 0.2) is 4.79 Å². The van der Waals surface area contributed by atoms with Gasteiger partial charge in [0.05, 0.1) is 12.8 Å². The van der Waals surface area contributed by atoms with E-state index in [4.69, 9.17) is 4.74 Å². The average Bonchev–Trinajstić information content (AvgIpc) is 1.85. The van der Waals surface area contributed by atoms with Crippen molar-refractivity contribution in [1.82, 2.24) is 9.97 Å². The van der Waals surface area contributed by atoms with Crippen LogP contribution in [-0.2, 0) is 0 Å². The Morgan fingerprint density at radius 3 is 2.55 bits per heavy atom. The first-order chi connectivity index (χ1) is 5.15. The van der Waals surface area contributed by atoms with E-state index in [2.05, 4.69) is 9.97 Å². The molecule has 4 heteroatoms. The minimum Gasteiger partial charge on any atom is -0.490 e. The molecule has 0 aliphatic rings. The summed E-state index contributed by atoms with van der Waals surface area (Å²) in [5, 5.41) is 0. The van der Waals surface area contributed by atoms with Crippen molar-refractivity contribution >= 4 is 0 Å². The van der Waals surface area contributed by atoms with Gasteiger partial charge >= 0.3 is 0 Å². The van der Waals surface area contributed by atoms with Crippen molar-refractivity contribution < 1.29 is 4.74 Å². The van der Waals surface area contributed by atoms with Gasteiger partial charge in [0.25, 0.3) is 5.56 Å². The molecule has 11 heavy (non-hydrogen) atoms. The minimum absolute atomic E-state index is 0.225. The lowest BCUT2D eigenvalue weighted by atomic mass is 10.4. The van der Waals surface area contributed by atoms with Gasteiger partial charge in [0.1, 0.15) is 5.82 Å². The summed E-state index contributed by atoms with van der Waals surface area (Å²) in [7, 11) is 1.45. The van der Waals surface area contributed by atoms with E-state index >= 15 is 0 Å². The Balaban J connectivity index is 3.37. The number of rotatable bonds is 1. The van der Waals surface area contributed by atoms with Crippen LogP contribution in [0.2, 0.25) is 0 Å². The monoisotopic (exact) mass is 154 g/mol. The number of ether oxygens (including phenoxy) is 1. The molecule has 1 N–H and O–H groups in total. The fourth-order valence-electron chi connectivity index (χ4n) is 0.956. The van der Waals surface area contributed by atoms with Crippen molar-refractivity contribution in [3.8, 4) is 5.75 Å². The zero-order valence-electron chi connectivity index (χ0n) is 6.76. The zero-order valence-corrected chi connectivity index (χ0v) is 6.76. The second-order valence-electron chi connectivity index (χ2n) is 2.27. The van der Waals surface area contributed by atoms with E-state index < -0.39 is 0 Å². The molecule has 0 aromatic carbocycles. The molecule has 60 valence electrons. The second-order valence-corrected chi connectivity index (χ2v) is 2.27. The molecule has 0 saturated carbocycles. The lowest BCUT2D eigenvalue weighted by Crippen LogP contribution is -2.13. The summed E-state index contributed by atoms with van der Waals surface area (Å²) in [5.41, 5.74) is 0.395. The van der Waals surface area contributed by atoms with Gasteiger partial charge in [-0.1, -0.05) is 0 Å². The van der Waals surface area contributed by atoms with Crippen molar-refractivity contribution in [2.75, 3.05) is 7.11 Å². The summed E-state index contributed by atoms with van der Waals surface area (Å²) in [6.07, 6.45) is 0. The van der Waals surface area contributed by atoms with Crippen LogP contribution in [0.5, 0.6) is 5.75 Å². The Bertz CT molecular complexity index is 317. The highest BCUT2D eigenvalue weighted by Gasteiger charge is 2.04. The predicted molar refractivity (Wildman–Crippen MR) is 40.9 cm³/mol. The average molecular weight is 154 g/mol. The van der Waals surface area contributed by atoms with Crippen molar-refractivity contribution in [2.24, 2.45) is 0 Å². The normalized spacial score (nSPS) is 9.73. The molecule has 0 bridgehead atoms. The number of H-pyrrole nitrogens is 1. The number of aryl methyl sites for hydroxylation is 2. The molecule has 1 heterocycles. The summed E-state index contributed by atoms with van der Waals surface area (Å²) in [6, 6.07) is 0. The van der Waals surface area contributed by atoms with Crippen LogP contribution >= 0.6 is 0 Å². The molecule has 0 saturated heterocycles. The van der Waals surface area contributed by atoms with Crippen LogP contribution in [0, 0.1) is 13.8 Å². The third kappa shape index (κ3) is 1.39. The number of hydrogen-bond acceptors (Lipinski definition) is 3. The van der Waals surface area contributed by atoms with E-state index in [0.29, 0.717) is 11.5 Å². The molecule has 4 nitrogen and oxygen atoms in total. The third-order valence-corrected chi connectivity index (χ3v) is 1.37. The molecule has 0 atom stereocenters. The van der Waals surface area contributed by atoms with Crippen molar-refractivity contribution in [1.29, 1.82) is 0 Å². The van der Waals surface area contributed by atoms with Gasteiger partial charge in [0, 0.05) is 0 Å². The smallest absolute Gasteiger partial charge is 0.293 e. The summed E-state index contributed by atoms with van der Waals surface area (Å²) >= 11 is 0. The first-order valence-electron chi connectivity index (χ1n) is 3.26. The molecule has 1 aromatic heterocycles.